The molecule has 0 bridgehead atoms. The number of hydrogen-bond acceptors (Lipinski definition) is 1. The molecule has 1 nitrogen and oxygen atoms in total. The van der Waals surface area contributed by atoms with Crippen LogP contribution in [0.25, 0.3) is 11.1 Å². The summed E-state index contributed by atoms with van der Waals surface area (Å²) in [6, 6.07) is 18.5. The third-order valence-electron chi connectivity index (χ3n) is 2.52. The van der Waals surface area contributed by atoms with Crippen molar-refractivity contribution in [2.24, 2.45) is 5.73 Å². The van der Waals surface area contributed by atoms with Crippen LogP contribution < -0.4 is 5.73 Å². The number of rotatable bonds is 1. The summed E-state index contributed by atoms with van der Waals surface area (Å²) in [4.78, 5) is 0. The topological polar surface area (TPSA) is 26.0 Å². The summed E-state index contributed by atoms with van der Waals surface area (Å²) in [6.07, 6.45) is 0. The first-order valence-corrected chi connectivity index (χ1v) is 6.02. The normalized spacial score (nSPS) is 10.6. The van der Waals surface area contributed by atoms with Crippen molar-refractivity contribution >= 4 is 0 Å². The number of hydrogen-bond donors (Lipinski definition) is 1. The minimum absolute atomic E-state index is 0.446. The molecular formula is C17H17N. The summed E-state index contributed by atoms with van der Waals surface area (Å²) in [5.74, 6) is 6.11. The third-order valence-corrected chi connectivity index (χ3v) is 2.52. The standard InChI is InChI=1S/C17H17N/c1-17(2,18)13-12-14-8-10-16(11-9-14)15-6-4-3-5-7-15/h3-11H,18H2,1-2H3. The molecule has 0 fully saturated rings. The van der Waals surface area contributed by atoms with Crippen LogP contribution >= 0.6 is 0 Å². The van der Waals surface area contributed by atoms with E-state index in [0.29, 0.717) is 0 Å². The van der Waals surface area contributed by atoms with Crippen molar-refractivity contribution in [2.75, 3.05) is 0 Å². The Morgan fingerprint density at radius 1 is 0.833 bits per heavy atom. The Kier molecular flexibility index (Phi) is 3.50. The molecule has 90 valence electrons. The highest BCUT2D eigenvalue weighted by Gasteiger charge is 2.03. The molecule has 1 heteroatoms. The molecule has 2 aromatic rings. The van der Waals surface area contributed by atoms with Crippen LogP contribution in [0.5, 0.6) is 0 Å². The maximum absolute atomic E-state index is 5.83. The zero-order chi connectivity index (χ0) is 13.0. The van der Waals surface area contributed by atoms with E-state index < -0.39 is 5.54 Å². The summed E-state index contributed by atoms with van der Waals surface area (Å²) in [5, 5.41) is 0. The van der Waals surface area contributed by atoms with E-state index in [2.05, 4.69) is 36.1 Å². The van der Waals surface area contributed by atoms with Crippen molar-refractivity contribution in [3.05, 3.63) is 60.2 Å². The minimum Gasteiger partial charge on any atom is -0.316 e. The molecule has 0 unspecified atom stereocenters. The van der Waals surface area contributed by atoms with E-state index in [9.17, 15) is 0 Å². The fourth-order valence-electron chi connectivity index (χ4n) is 1.61. The molecule has 0 radical (unpaired) electrons. The summed E-state index contributed by atoms with van der Waals surface area (Å²) in [5.41, 5.74) is 8.80. The van der Waals surface area contributed by atoms with Gasteiger partial charge >= 0.3 is 0 Å². The molecule has 0 saturated carbocycles. The average Bonchev–Trinajstić information content (AvgIpc) is 2.37. The van der Waals surface area contributed by atoms with E-state index in [1.807, 2.05) is 44.2 Å². The zero-order valence-electron chi connectivity index (χ0n) is 10.8. The van der Waals surface area contributed by atoms with Crippen molar-refractivity contribution in [3.8, 4) is 23.0 Å². The van der Waals surface area contributed by atoms with Gasteiger partial charge in [0.15, 0.2) is 0 Å². The lowest BCUT2D eigenvalue weighted by Crippen LogP contribution is -2.29. The molecule has 0 amide bonds. The van der Waals surface area contributed by atoms with Gasteiger partial charge < -0.3 is 5.73 Å². The van der Waals surface area contributed by atoms with Gasteiger partial charge in [0.1, 0.15) is 0 Å². The summed E-state index contributed by atoms with van der Waals surface area (Å²) in [7, 11) is 0. The highest BCUT2D eigenvalue weighted by molar-refractivity contribution is 5.64. The maximum Gasteiger partial charge on any atom is 0.0722 e. The predicted molar refractivity (Wildman–Crippen MR) is 77.0 cm³/mol. The van der Waals surface area contributed by atoms with Gasteiger partial charge in [-0.15, -0.1) is 0 Å². The molecular weight excluding hydrogens is 218 g/mol. The van der Waals surface area contributed by atoms with Crippen molar-refractivity contribution in [1.29, 1.82) is 0 Å². The van der Waals surface area contributed by atoms with E-state index in [-0.39, 0.29) is 0 Å². The highest BCUT2D eigenvalue weighted by atomic mass is 14.7. The smallest absolute Gasteiger partial charge is 0.0722 e. The lowest BCUT2D eigenvalue weighted by Gasteiger charge is -2.07. The zero-order valence-corrected chi connectivity index (χ0v) is 10.8. The average molecular weight is 235 g/mol. The van der Waals surface area contributed by atoms with Crippen LogP contribution in [0.15, 0.2) is 54.6 Å². The summed E-state index contributed by atoms with van der Waals surface area (Å²) < 4.78 is 0. The minimum atomic E-state index is -0.446. The largest absolute Gasteiger partial charge is 0.316 e. The van der Waals surface area contributed by atoms with Gasteiger partial charge in [-0.25, -0.2) is 0 Å². The molecule has 18 heavy (non-hydrogen) atoms. The van der Waals surface area contributed by atoms with Crippen LogP contribution in [-0.4, -0.2) is 5.54 Å². The lowest BCUT2D eigenvalue weighted by molar-refractivity contribution is 0.680. The van der Waals surface area contributed by atoms with Crippen LogP contribution in [0.3, 0.4) is 0 Å². The Balaban J connectivity index is 2.23. The van der Waals surface area contributed by atoms with Crippen molar-refractivity contribution in [3.63, 3.8) is 0 Å². The molecule has 0 atom stereocenters. The molecule has 0 heterocycles. The van der Waals surface area contributed by atoms with E-state index in [1.165, 1.54) is 11.1 Å². The molecule has 0 aliphatic carbocycles. The fourth-order valence-corrected chi connectivity index (χ4v) is 1.61. The first-order chi connectivity index (χ1) is 8.54. The van der Waals surface area contributed by atoms with E-state index >= 15 is 0 Å². The summed E-state index contributed by atoms with van der Waals surface area (Å²) >= 11 is 0. The second-order valence-corrected chi connectivity index (χ2v) is 4.92. The first kappa shape index (κ1) is 12.4. The van der Waals surface area contributed by atoms with Crippen LogP contribution in [0.2, 0.25) is 0 Å². The fraction of sp³-hybridized carbons (Fsp3) is 0.176. The molecule has 0 saturated heterocycles. The monoisotopic (exact) mass is 235 g/mol. The van der Waals surface area contributed by atoms with Crippen molar-refractivity contribution in [2.45, 2.75) is 19.4 Å². The first-order valence-electron chi connectivity index (χ1n) is 6.02. The molecule has 2 aromatic carbocycles. The molecule has 2 rings (SSSR count). The van der Waals surface area contributed by atoms with Crippen LogP contribution in [0.1, 0.15) is 19.4 Å². The Labute approximate surface area is 109 Å². The Bertz CT molecular complexity index is 563. The molecule has 0 aliphatic heterocycles. The van der Waals surface area contributed by atoms with Gasteiger partial charge in [-0.3, -0.25) is 0 Å². The van der Waals surface area contributed by atoms with Gasteiger partial charge in [0.2, 0.25) is 0 Å². The molecule has 2 N–H and O–H groups in total. The van der Waals surface area contributed by atoms with Gasteiger partial charge in [0.05, 0.1) is 5.54 Å². The van der Waals surface area contributed by atoms with Crippen LogP contribution in [0, 0.1) is 11.8 Å². The number of nitrogens with two attached hydrogens (primary N) is 1. The van der Waals surface area contributed by atoms with Gasteiger partial charge in [-0.05, 0) is 37.1 Å². The lowest BCUT2D eigenvalue weighted by atomic mass is 10.0. The SMILES string of the molecule is CC(C)(N)C#Cc1ccc(-c2ccccc2)cc1. The Morgan fingerprint density at radius 2 is 1.39 bits per heavy atom. The van der Waals surface area contributed by atoms with Crippen LogP contribution in [-0.2, 0) is 0 Å². The predicted octanol–water partition coefficient (Wildman–Crippen LogP) is 3.44. The molecule has 0 aliphatic rings. The molecule has 0 spiro atoms. The second-order valence-electron chi connectivity index (χ2n) is 4.92. The van der Waals surface area contributed by atoms with Crippen molar-refractivity contribution in [1.82, 2.24) is 0 Å². The Morgan fingerprint density at radius 3 is 1.94 bits per heavy atom. The van der Waals surface area contributed by atoms with Gasteiger partial charge in [0.25, 0.3) is 0 Å². The molecule has 0 aromatic heterocycles. The van der Waals surface area contributed by atoms with Crippen molar-refractivity contribution < 1.29 is 0 Å². The van der Waals surface area contributed by atoms with E-state index in [4.69, 9.17) is 5.73 Å². The van der Waals surface area contributed by atoms with Crippen LogP contribution in [0.4, 0.5) is 0 Å². The maximum atomic E-state index is 5.83. The van der Waals surface area contributed by atoms with Gasteiger partial charge in [-0.1, -0.05) is 54.3 Å². The number of benzene rings is 2. The Hall–Kier alpha value is -2.04. The third kappa shape index (κ3) is 3.48. The quantitative estimate of drug-likeness (QED) is 0.753. The summed E-state index contributed by atoms with van der Waals surface area (Å²) in [6.45, 7) is 3.80. The van der Waals surface area contributed by atoms with E-state index in [1.54, 1.807) is 0 Å². The highest BCUT2D eigenvalue weighted by Crippen LogP contribution is 2.18. The van der Waals surface area contributed by atoms with Gasteiger partial charge in [-0.2, -0.15) is 0 Å². The van der Waals surface area contributed by atoms with E-state index in [0.717, 1.165) is 5.56 Å². The van der Waals surface area contributed by atoms with Gasteiger partial charge in [0, 0.05) is 5.56 Å². The second kappa shape index (κ2) is 5.08.